The lowest BCUT2D eigenvalue weighted by atomic mass is 9.98. The first kappa shape index (κ1) is 24.8. The summed E-state index contributed by atoms with van der Waals surface area (Å²) < 4.78 is 18.2. The third-order valence-corrected chi connectivity index (χ3v) is 5.19. The number of aliphatic hydroxyl groups excluding tert-OH is 1. The number of carbonyl (C=O) groups is 1. The third-order valence-electron chi connectivity index (χ3n) is 4.95. The van der Waals surface area contributed by atoms with Gasteiger partial charge in [0.1, 0.15) is 36.3 Å². The van der Waals surface area contributed by atoms with Crippen LogP contribution in [0.2, 0.25) is 5.02 Å². The van der Waals surface area contributed by atoms with E-state index in [1.165, 1.54) is 12.0 Å². The molecule has 1 aliphatic rings. The van der Waals surface area contributed by atoms with Crippen molar-refractivity contribution in [2.75, 3.05) is 20.8 Å². The van der Waals surface area contributed by atoms with Crippen LogP contribution in [0, 0.1) is 0 Å². The van der Waals surface area contributed by atoms with E-state index in [1.807, 2.05) is 6.07 Å². The Morgan fingerprint density at radius 2 is 1.94 bits per heavy atom. The maximum atomic E-state index is 13.0. The Bertz CT molecular complexity index is 1030. The topological polar surface area (TPSA) is 98.9 Å². The Kier molecular flexibility index (Phi) is 7.78. The van der Waals surface area contributed by atoms with Gasteiger partial charge in [0.25, 0.3) is 0 Å². The molecule has 0 saturated heterocycles. The van der Waals surface area contributed by atoms with Crippen LogP contribution in [0.1, 0.15) is 32.8 Å². The van der Waals surface area contributed by atoms with Crippen molar-refractivity contribution in [1.82, 2.24) is 19.7 Å². The van der Waals surface area contributed by atoms with Crippen LogP contribution in [-0.4, -0.2) is 69.4 Å². The predicted molar refractivity (Wildman–Crippen MR) is 123 cm³/mol. The number of allylic oxidation sites excluding steroid dienone is 1. The number of hydrogen-bond acceptors (Lipinski definition) is 8. The van der Waals surface area contributed by atoms with Crippen LogP contribution in [0.3, 0.4) is 0 Å². The van der Waals surface area contributed by atoms with E-state index in [0.29, 0.717) is 34.9 Å². The summed E-state index contributed by atoms with van der Waals surface area (Å²) in [6, 6.07) is 4.58. The number of ether oxygens (including phenoxy) is 3. The van der Waals surface area contributed by atoms with Crippen LogP contribution < -0.4 is 0 Å². The van der Waals surface area contributed by atoms with Crippen LogP contribution >= 0.6 is 11.6 Å². The SMILES string of the molecule is COCCC(C(=O)OC(C)(C)C)N1C=C(OC)C(c2cc(Cl)ccc2-n2cnnc2)=CC1O. The average molecular weight is 477 g/mol. The Morgan fingerprint density at radius 1 is 1.24 bits per heavy atom. The van der Waals surface area contributed by atoms with Gasteiger partial charge in [-0.3, -0.25) is 4.57 Å². The summed E-state index contributed by atoms with van der Waals surface area (Å²) in [7, 11) is 3.08. The molecule has 0 bridgehead atoms. The minimum atomic E-state index is -1.12. The van der Waals surface area contributed by atoms with Crippen LogP contribution in [0.5, 0.6) is 0 Å². The van der Waals surface area contributed by atoms with Crippen molar-refractivity contribution in [2.24, 2.45) is 0 Å². The molecule has 2 heterocycles. The molecule has 0 saturated carbocycles. The van der Waals surface area contributed by atoms with E-state index in [1.54, 1.807) is 69.5 Å². The monoisotopic (exact) mass is 476 g/mol. The number of esters is 1. The average Bonchev–Trinajstić information content (AvgIpc) is 3.28. The van der Waals surface area contributed by atoms with E-state index in [9.17, 15) is 9.90 Å². The van der Waals surface area contributed by atoms with Gasteiger partial charge in [0, 0.05) is 42.5 Å². The van der Waals surface area contributed by atoms with Gasteiger partial charge in [-0.2, -0.15) is 0 Å². The van der Waals surface area contributed by atoms with Crippen molar-refractivity contribution < 1.29 is 24.1 Å². The Labute approximate surface area is 198 Å². The van der Waals surface area contributed by atoms with E-state index in [0.717, 1.165) is 5.69 Å². The lowest BCUT2D eigenvalue weighted by Gasteiger charge is -2.37. The number of aliphatic hydroxyl groups is 1. The molecule has 0 radical (unpaired) electrons. The molecule has 0 amide bonds. The summed E-state index contributed by atoms with van der Waals surface area (Å²) in [4.78, 5) is 14.5. The highest BCUT2D eigenvalue weighted by atomic mass is 35.5. The molecule has 2 aromatic rings. The number of rotatable bonds is 8. The fraction of sp³-hybridized carbons (Fsp3) is 0.435. The number of carbonyl (C=O) groups excluding carboxylic acids is 1. The smallest absolute Gasteiger partial charge is 0.329 e. The molecule has 0 fully saturated rings. The van der Waals surface area contributed by atoms with Crippen molar-refractivity contribution >= 4 is 23.1 Å². The number of aromatic nitrogens is 3. The van der Waals surface area contributed by atoms with Gasteiger partial charge >= 0.3 is 5.97 Å². The Hall–Kier alpha value is -2.88. The Morgan fingerprint density at radius 3 is 2.55 bits per heavy atom. The first-order chi connectivity index (χ1) is 15.6. The summed E-state index contributed by atoms with van der Waals surface area (Å²) in [6.45, 7) is 5.70. The molecule has 1 N–H and O–H groups in total. The van der Waals surface area contributed by atoms with Gasteiger partial charge in [-0.1, -0.05) is 11.6 Å². The molecule has 2 unspecified atom stereocenters. The molecular weight excluding hydrogens is 448 g/mol. The first-order valence-electron chi connectivity index (χ1n) is 10.4. The summed E-state index contributed by atoms with van der Waals surface area (Å²) in [5, 5.41) is 19.3. The summed E-state index contributed by atoms with van der Waals surface area (Å²) in [5.74, 6) is -0.0158. The molecule has 178 valence electrons. The highest BCUT2D eigenvalue weighted by Gasteiger charge is 2.35. The summed E-state index contributed by atoms with van der Waals surface area (Å²) in [5.41, 5.74) is 1.40. The highest BCUT2D eigenvalue weighted by Crippen LogP contribution is 2.35. The molecule has 1 aromatic carbocycles. The zero-order valence-corrected chi connectivity index (χ0v) is 20.1. The van der Waals surface area contributed by atoms with E-state index >= 15 is 0 Å². The predicted octanol–water partition coefficient (Wildman–Crippen LogP) is 3.17. The van der Waals surface area contributed by atoms with Crippen molar-refractivity contribution in [3.63, 3.8) is 0 Å². The molecule has 0 aliphatic carbocycles. The molecule has 2 atom stereocenters. The fourth-order valence-corrected chi connectivity index (χ4v) is 3.69. The van der Waals surface area contributed by atoms with Crippen molar-refractivity contribution in [3.05, 3.63) is 59.5 Å². The molecule has 9 nitrogen and oxygen atoms in total. The van der Waals surface area contributed by atoms with Crippen molar-refractivity contribution in [1.29, 1.82) is 0 Å². The van der Waals surface area contributed by atoms with Gasteiger partial charge < -0.3 is 24.2 Å². The van der Waals surface area contributed by atoms with Gasteiger partial charge in [-0.15, -0.1) is 10.2 Å². The zero-order valence-electron chi connectivity index (χ0n) is 19.4. The quantitative estimate of drug-likeness (QED) is 0.580. The van der Waals surface area contributed by atoms with E-state index in [2.05, 4.69) is 10.2 Å². The number of nitrogens with zero attached hydrogens (tertiary/aromatic N) is 4. The molecule has 0 spiro atoms. The molecule has 1 aromatic heterocycles. The van der Waals surface area contributed by atoms with Crippen LogP contribution in [0.4, 0.5) is 0 Å². The molecule has 33 heavy (non-hydrogen) atoms. The van der Waals surface area contributed by atoms with Crippen LogP contribution in [0.15, 0.2) is 48.9 Å². The highest BCUT2D eigenvalue weighted by molar-refractivity contribution is 6.30. The van der Waals surface area contributed by atoms with E-state index < -0.39 is 23.8 Å². The number of methoxy groups -OCH3 is 2. The van der Waals surface area contributed by atoms with Gasteiger partial charge in [0.05, 0.1) is 12.8 Å². The number of hydrogen-bond donors (Lipinski definition) is 1. The lowest BCUT2D eigenvalue weighted by molar-refractivity contribution is -0.164. The minimum Gasteiger partial charge on any atom is -0.495 e. The van der Waals surface area contributed by atoms with Crippen LogP contribution in [0.25, 0.3) is 11.3 Å². The second-order valence-electron chi connectivity index (χ2n) is 8.50. The van der Waals surface area contributed by atoms with Gasteiger partial charge in [-0.05, 0) is 45.0 Å². The van der Waals surface area contributed by atoms with Crippen LogP contribution in [-0.2, 0) is 19.0 Å². The standard InChI is InChI=1S/C23H29ClN4O5/c1-23(2,3)33-22(30)19(8-9-31-4)28-12-20(32-5)17(11-21(28)29)16-10-15(24)6-7-18(16)27-13-25-26-14-27/h6-7,10-14,19,21,29H,8-9H2,1-5H3. The largest absolute Gasteiger partial charge is 0.495 e. The summed E-state index contributed by atoms with van der Waals surface area (Å²) >= 11 is 6.29. The minimum absolute atomic E-state index is 0.311. The Balaban J connectivity index is 2.01. The van der Waals surface area contributed by atoms with Gasteiger partial charge in [0.15, 0.2) is 0 Å². The molecule has 10 heteroatoms. The number of benzene rings is 1. The van der Waals surface area contributed by atoms with E-state index in [4.69, 9.17) is 25.8 Å². The number of halogens is 1. The maximum Gasteiger partial charge on any atom is 0.329 e. The first-order valence-corrected chi connectivity index (χ1v) is 10.8. The van der Waals surface area contributed by atoms with Gasteiger partial charge in [0.2, 0.25) is 0 Å². The summed E-state index contributed by atoms with van der Waals surface area (Å²) in [6.07, 6.45) is 5.56. The second-order valence-corrected chi connectivity index (χ2v) is 8.94. The normalized spacial score (nSPS) is 17.3. The molecule has 1 aliphatic heterocycles. The van der Waals surface area contributed by atoms with Crippen molar-refractivity contribution in [3.8, 4) is 5.69 Å². The van der Waals surface area contributed by atoms with Crippen molar-refractivity contribution in [2.45, 2.75) is 45.1 Å². The maximum absolute atomic E-state index is 13.0. The van der Waals surface area contributed by atoms with E-state index in [-0.39, 0.29) is 0 Å². The second kappa shape index (κ2) is 10.4. The molecule has 3 rings (SSSR count). The zero-order chi connectivity index (χ0) is 24.2. The molecular formula is C23H29ClN4O5. The third kappa shape index (κ3) is 5.93. The lowest BCUT2D eigenvalue weighted by Crippen LogP contribution is -2.48. The van der Waals surface area contributed by atoms with Gasteiger partial charge in [-0.25, -0.2) is 4.79 Å². The fourth-order valence-electron chi connectivity index (χ4n) is 3.52.